The summed E-state index contributed by atoms with van der Waals surface area (Å²) in [5, 5.41) is 9.50. The molecule has 0 bridgehead atoms. The summed E-state index contributed by atoms with van der Waals surface area (Å²) < 4.78 is 0. The van der Waals surface area contributed by atoms with Gasteiger partial charge in [0.05, 0.1) is 5.56 Å². The zero-order chi connectivity index (χ0) is 15.8. The van der Waals surface area contributed by atoms with Crippen LogP contribution >= 0.6 is 0 Å². The summed E-state index contributed by atoms with van der Waals surface area (Å²) in [6, 6.07) is 17.6. The zero-order valence-corrected chi connectivity index (χ0v) is 12.2. The van der Waals surface area contributed by atoms with Crippen LogP contribution in [-0.2, 0) is 0 Å². The van der Waals surface area contributed by atoms with Gasteiger partial charge in [0, 0.05) is 16.7 Å². The summed E-state index contributed by atoms with van der Waals surface area (Å²) in [5.41, 5.74) is 3.86. The molecule has 0 amide bonds. The Hall–Kier alpha value is -3.29. The molecule has 22 heavy (non-hydrogen) atoms. The lowest BCUT2D eigenvalue weighted by Crippen LogP contribution is -1.92. The highest BCUT2D eigenvalue weighted by Crippen LogP contribution is 2.22. The molecule has 1 nitrogen and oxygen atoms in total. The van der Waals surface area contributed by atoms with Gasteiger partial charge in [-0.2, -0.15) is 5.26 Å². The summed E-state index contributed by atoms with van der Waals surface area (Å²) >= 11 is 0. The molecule has 0 heterocycles. The smallest absolute Gasteiger partial charge is 0.101 e. The van der Waals surface area contributed by atoms with Gasteiger partial charge in [0.1, 0.15) is 6.07 Å². The predicted octanol–water partition coefficient (Wildman–Crippen LogP) is 4.71. The van der Waals surface area contributed by atoms with E-state index in [0.29, 0.717) is 11.1 Å². The van der Waals surface area contributed by atoms with Crippen molar-refractivity contribution in [1.29, 1.82) is 5.26 Å². The summed E-state index contributed by atoms with van der Waals surface area (Å²) in [6.45, 7) is 7.49. The maximum absolute atomic E-state index is 9.50. The molecule has 0 aliphatic carbocycles. The SMILES string of the molecule is C=C/C=C(\C=C)c1cccc(C#Cc2ccccc2)c1C#N. The standard InChI is InChI=1S/C21H15N/c1-3-9-18(4-2)20-13-8-12-19(21(20)16-22)15-14-17-10-6-5-7-11-17/h3-13H,1-2H2/b18-9+. The molecule has 0 aliphatic heterocycles. The molecule has 0 saturated carbocycles. The Labute approximate surface area is 131 Å². The van der Waals surface area contributed by atoms with Crippen LogP contribution in [0, 0.1) is 23.2 Å². The van der Waals surface area contributed by atoms with Gasteiger partial charge in [0.2, 0.25) is 0 Å². The van der Waals surface area contributed by atoms with E-state index >= 15 is 0 Å². The lowest BCUT2D eigenvalue weighted by atomic mass is 9.95. The molecular weight excluding hydrogens is 266 g/mol. The van der Waals surface area contributed by atoms with Crippen molar-refractivity contribution in [3.05, 3.63) is 102 Å². The molecule has 0 radical (unpaired) electrons. The van der Waals surface area contributed by atoms with Crippen LogP contribution in [0.25, 0.3) is 5.57 Å². The number of hydrogen-bond acceptors (Lipinski definition) is 1. The monoisotopic (exact) mass is 281 g/mol. The van der Waals surface area contributed by atoms with Crippen LogP contribution in [0.4, 0.5) is 0 Å². The van der Waals surface area contributed by atoms with E-state index in [0.717, 1.165) is 16.7 Å². The van der Waals surface area contributed by atoms with Gasteiger partial charge in [-0.05, 0) is 23.8 Å². The predicted molar refractivity (Wildman–Crippen MR) is 92.0 cm³/mol. The van der Waals surface area contributed by atoms with E-state index in [1.54, 1.807) is 12.2 Å². The van der Waals surface area contributed by atoms with E-state index in [4.69, 9.17) is 0 Å². The first-order valence-electron chi connectivity index (χ1n) is 6.86. The van der Waals surface area contributed by atoms with Crippen molar-refractivity contribution >= 4 is 5.57 Å². The molecule has 0 atom stereocenters. The summed E-state index contributed by atoms with van der Waals surface area (Å²) in [6.07, 6.45) is 5.23. The van der Waals surface area contributed by atoms with Crippen molar-refractivity contribution in [3.8, 4) is 17.9 Å². The van der Waals surface area contributed by atoms with E-state index in [2.05, 4.69) is 31.1 Å². The van der Waals surface area contributed by atoms with Gasteiger partial charge in [-0.1, -0.05) is 73.6 Å². The van der Waals surface area contributed by atoms with Crippen LogP contribution in [0.1, 0.15) is 22.3 Å². The molecule has 0 N–H and O–H groups in total. The van der Waals surface area contributed by atoms with Gasteiger partial charge >= 0.3 is 0 Å². The van der Waals surface area contributed by atoms with Crippen molar-refractivity contribution < 1.29 is 0 Å². The van der Waals surface area contributed by atoms with E-state index in [-0.39, 0.29) is 0 Å². The molecule has 2 rings (SSSR count). The van der Waals surface area contributed by atoms with Crippen molar-refractivity contribution in [2.24, 2.45) is 0 Å². The number of benzene rings is 2. The van der Waals surface area contributed by atoms with Crippen molar-refractivity contribution in [2.45, 2.75) is 0 Å². The lowest BCUT2D eigenvalue weighted by Gasteiger charge is -2.06. The molecule has 104 valence electrons. The average molecular weight is 281 g/mol. The topological polar surface area (TPSA) is 23.8 Å². The van der Waals surface area contributed by atoms with Crippen LogP contribution in [0.2, 0.25) is 0 Å². The maximum atomic E-state index is 9.50. The average Bonchev–Trinajstić information content (AvgIpc) is 2.58. The third-order valence-corrected chi connectivity index (χ3v) is 3.12. The van der Waals surface area contributed by atoms with E-state index in [9.17, 15) is 5.26 Å². The normalized spacial score (nSPS) is 10.0. The van der Waals surface area contributed by atoms with Crippen molar-refractivity contribution in [3.63, 3.8) is 0 Å². The summed E-state index contributed by atoms with van der Waals surface area (Å²) in [5.74, 6) is 6.17. The fourth-order valence-electron chi connectivity index (χ4n) is 2.07. The first-order valence-corrected chi connectivity index (χ1v) is 6.86. The highest BCUT2D eigenvalue weighted by Gasteiger charge is 2.08. The number of nitriles is 1. The van der Waals surface area contributed by atoms with Gasteiger partial charge < -0.3 is 0 Å². The number of rotatable bonds is 3. The van der Waals surface area contributed by atoms with E-state index in [1.165, 1.54) is 0 Å². The van der Waals surface area contributed by atoms with Crippen LogP contribution in [0.5, 0.6) is 0 Å². The molecule has 2 aromatic rings. The van der Waals surface area contributed by atoms with Crippen LogP contribution in [0.15, 0.2) is 79.9 Å². The minimum absolute atomic E-state index is 0.555. The largest absolute Gasteiger partial charge is 0.192 e. The Morgan fingerprint density at radius 3 is 2.36 bits per heavy atom. The fraction of sp³-hybridized carbons (Fsp3) is 0. The van der Waals surface area contributed by atoms with Gasteiger partial charge in [-0.3, -0.25) is 0 Å². The first kappa shape index (κ1) is 15.1. The van der Waals surface area contributed by atoms with Crippen LogP contribution < -0.4 is 0 Å². The second kappa shape index (κ2) is 7.48. The first-order chi connectivity index (χ1) is 10.8. The lowest BCUT2D eigenvalue weighted by molar-refractivity contribution is 1.44. The van der Waals surface area contributed by atoms with Crippen molar-refractivity contribution in [2.75, 3.05) is 0 Å². The van der Waals surface area contributed by atoms with E-state index in [1.807, 2.05) is 54.6 Å². The Morgan fingerprint density at radius 1 is 0.955 bits per heavy atom. The highest BCUT2D eigenvalue weighted by molar-refractivity contribution is 5.80. The molecule has 0 aliphatic rings. The molecule has 0 aromatic heterocycles. The molecule has 0 unspecified atom stereocenters. The molecular formula is C21H15N. The minimum atomic E-state index is 0.555. The van der Waals surface area contributed by atoms with Crippen molar-refractivity contribution in [1.82, 2.24) is 0 Å². The molecule has 0 saturated heterocycles. The highest BCUT2D eigenvalue weighted by atomic mass is 14.3. The Morgan fingerprint density at radius 2 is 1.73 bits per heavy atom. The van der Waals surface area contributed by atoms with E-state index < -0.39 is 0 Å². The third-order valence-electron chi connectivity index (χ3n) is 3.12. The zero-order valence-electron chi connectivity index (χ0n) is 12.2. The summed E-state index contributed by atoms with van der Waals surface area (Å²) in [7, 11) is 0. The van der Waals surface area contributed by atoms with Gasteiger partial charge in [-0.25, -0.2) is 0 Å². The number of nitrogens with zero attached hydrogens (tertiary/aromatic N) is 1. The quantitative estimate of drug-likeness (QED) is 0.590. The van der Waals surface area contributed by atoms with Crippen LogP contribution in [-0.4, -0.2) is 0 Å². The fourth-order valence-corrected chi connectivity index (χ4v) is 2.07. The minimum Gasteiger partial charge on any atom is -0.192 e. The second-order valence-electron chi connectivity index (χ2n) is 4.52. The second-order valence-corrected chi connectivity index (χ2v) is 4.52. The van der Waals surface area contributed by atoms with Gasteiger partial charge in [-0.15, -0.1) is 0 Å². The molecule has 0 spiro atoms. The Bertz CT molecular complexity index is 822. The maximum Gasteiger partial charge on any atom is 0.101 e. The van der Waals surface area contributed by atoms with Gasteiger partial charge in [0.15, 0.2) is 0 Å². The Kier molecular flexibility index (Phi) is 5.14. The molecule has 0 fully saturated rings. The molecule has 1 heteroatoms. The van der Waals surface area contributed by atoms with Crippen LogP contribution in [0.3, 0.4) is 0 Å². The third kappa shape index (κ3) is 3.42. The number of hydrogen-bond donors (Lipinski definition) is 0. The number of allylic oxidation sites excluding steroid dienone is 4. The summed E-state index contributed by atoms with van der Waals surface area (Å²) in [4.78, 5) is 0. The molecule has 2 aromatic carbocycles. The Balaban J connectivity index is 2.53. The van der Waals surface area contributed by atoms with Gasteiger partial charge in [0.25, 0.3) is 0 Å².